The van der Waals surface area contributed by atoms with Crippen molar-refractivity contribution in [2.45, 2.75) is 63.7 Å². The Bertz CT molecular complexity index is 169. The molecule has 0 saturated heterocycles. The smallest absolute Gasteiger partial charge is 0.102 e. The third kappa shape index (κ3) is 2.04. The molecule has 76 valence electrons. The first-order valence-corrected chi connectivity index (χ1v) is 5.69. The molecule has 2 aliphatic carbocycles. The van der Waals surface area contributed by atoms with Gasteiger partial charge in [0.25, 0.3) is 0 Å². The topological polar surface area (TPSA) is 12.0 Å². The Hall–Kier alpha value is -0.110. The SMILES string of the molecule is CCC1CCC1NC1CCC(F)C1. The van der Waals surface area contributed by atoms with E-state index in [1.807, 2.05) is 0 Å². The minimum absolute atomic E-state index is 0.481. The highest BCUT2D eigenvalue weighted by Crippen LogP contribution is 2.32. The van der Waals surface area contributed by atoms with Gasteiger partial charge in [-0.2, -0.15) is 0 Å². The van der Waals surface area contributed by atoms with Gasteiger partial charge in [-0.1, -0.05) is 13.3 Å². The van der Waals surface area contributed by atoms with Crippen LogP contribution in [0.1, 0.15) is 45.4 Å². The van der Waals surface area contributed by atoms with Gasteiger partial charge in [0.1, 0.15) is 6.17 Å². The van der Waals surface area contributed by atoms with Gasteiger partial charge in [0.15, 0.2) is 0 Å². The third-order valence-corrected chi connectivity index (χ3v) is 3.76. The first-order valence-electron chi connectivity index (χ1n) is 5.69. The molecule has 2 saturated carbocycles. The van der Waals surface area contributed by atoms with E-state index in [0.29, 0.717) is 12.1 Å². The zero-order valence-electron chi connectivity index (χ0n) is 8.43. The minimum atomic E-state index is -0.530. The molecule has 2 fully saturated rings. The van der Waals surface area contributed by atoms with Gasteiger partial charge in [-0.3, -0.25) is 0 Å². The quantitative estimate of drug-likeness (QED) is 0.712. The molecule has 0 aromatic heterocycles. The average molecular weight is 185 g/mol. The summed E-state index contributed by atoms with van der Waals surface area (Å²) >= 11 is 0. The molecule has 0 bridgehead atoms. The number of halogens is 1. The van der Waals surface area contributed by atoms with Crippen molar-refractivity contribution in [1.82, 2.24) is 5.32 Å². The van der Waals surface area contributed by atoms with E-state index in [-0.39, 0.29) is 0 Å². The molecule has 0 radical (unpaired) electrons. The maximum absolute atomic E-state index is 12.9. The van der Waals surface area contributed by atoms with Crippen LogP contribution in [0.25, 0.3) is 0 Å². The first kappa shape index (κ1) is 9.45. The van der Waals surface area contributed by atoms with Crippen molar-refractivity contribution in [1.29, 1.82) is 0 Å². The summed E-state index contributed by atoms with van der Waals surface area (Å²) in [5, 5.41) is 3.61. The molecular formula is C11H20FN. The van der Waals surface area contributed by atoms with Gasteiger partial charge < -0.3 is 5.32 Å². The molecule has 0 spiro atoms. The van der Waals surface area contributed by atoms with E-state index in [1.165, 1.54) is 19.3 Å². The minimum Gasteiger partial charge on any atom is -0.311 e. The fourth-order valence-corrected chi connectivity index (χ4v) is 2.66. The highest BCUT2D eigenvalue weighted by Gasteiger charge is 2.33. The Balaban J connectivity index is 1.72. The normalized spacial score (nSPS) is 44.8. The van der Waals surface area contributed by atoms with E-state index in [9.17, 15) is 4.39 Å². The van der Waals surface area contributed by atoms with Gasteiger partial charge in [-0.25, -0.2) is 4.39 Å². The lowest BCUT2D eigenvalue weighted by Gasteiger charge is -2.38. The highest BCUT2D eigenvalue weighted by molar-refractivity contribution is 4.91. The summed E-state index contributed by atoms with van der Waals surface area (Å²) in [5.41, 5.74) is 0. The number of hydrogen-bond donors (Lipinski definition) is 1. The lowest BCUT2D eigenvalue weighted by molar-refractivity contribution is 0.184. The van der Waals surface area contributed by atoms with Crippen LogP contribution in [0, 0.1) is 5.92 Å². The molecule has 0 aromatic carbocycles. The summed E-state index contributed by atoms with van der Waals surface area (Å²) in [6.45, 7) is 2.26. The Labute approximate surface area is 80.1 Å². The maximum Gasteiger partial charge on any atom is 0.102 e. The van der Waals surface area contributed by atoms with Gasteiger partial charge in [0.05, 0.1) is 0 Å². The monoisotopic (exact) mass is 185 g/mol. The lowest BCUT2D eigenvalue weighted by atomic mass is 9.77. The van der Waals surface area contributed by atoms with Crippen molar-refractivity contribution in [3.8, 4) is 0 Å². The summed E-state index contributed by atoms with van der Waals surface area (Å²) in [6.07, 6.45) is 6.02. The van der Waals surface area contributed by atoms with Crippen LogP contribution in [-0.4, -0.2) is 18.3 Å². The Morgan fingerprint density at radius 3 is 2.54 bits per heavy atom. The molecular weight excluding hydrogens is 165 g/mol. The molecule has 13 heavy (non-hydrogen) atoms. The molecule has 4 unspecified atom stereocenters. The van der Waals surface area contributed by atoms with Crippen LogP contribution in [0.2, 0.25) is 0 Å². The van der Waals surface area contributed by atoms with E-state index in [0.717, 1.165) is 25.2 Å². The Morgan fingerprint density at radius 2 is 2.08 bits per heavy atom. The van der Waals surface area contributed by atoms with E-state index in [4.69, 9.17) is 0 Å². The molecule has 0 heterocycles. The van der Waals surface area contributed by atoms with Crippen molar-refractivity contribution >= 4 is 0 Å². The molecule has 1 nitrogen and oxygen atoms in total. The first-order chi connectivity index (χ1) is 6.29. The average Bonchev–Trinajstić information content (AvgIpc) is 2.46. The van der Waals surface area contributed by atoms with Gasteiger partial charge in [-0.15, -0.1) is 0 Å². The van der Waals surface area contributed by atoms with Crippen LogP contribution in [0.15, 0.2) is 0 Å². The molecule has 2 rings (SSSR count). The highest BCUT2D eigenvalue weighted by atomic mass is 19.1. The lowest BCUT2D eigenvalue weighted by Crippen LogP contribution is -2.47. The Kier molecular flexibility index (Phi) is 2.87. The van der Waals surface area contributed by atoms with Crippen LogP contribution in [0.5, 0.6) is 0 Å². The summed E-state index contributed by atoms with van der Waals surface area (Å²) in [7, 11) is 0. The predicted molar refractivity (Wildman–Crippen MR) is 52.5 cm³/mol. The second-order valence-electron chi connectivity index (χ2n) is 4.63. The number of nitrogens with one attached hydrogen (secondary N) is 1. The van der Waals surface area contributed by atoms with Crippen molar-refractivity contribution in [3.63, 3.8) is 0 Å². The molecule has 0 amide bonds. The van der Waals surface area contributed by atoms with Crippen molar-refractivity contribution in [2.75, 3.05) is 0 Å². The largest absolute Gasteiger partial charge is 0.311 e. The summed E-state index contributed by atoms with van der Waals surface area (Å²) in [4.78, 5) is 0. The van der Waals surface area contributed by atoms with Gasteiger partial charge in [0, 0.05) is 12.1 Å². The maximum atomic E-state index is 12.9. The number of hydrogen-bond acceptors (Lipinski definition) is 1. The van der Waals surface area contributed by atoms with Crippen LogP contribution < -0.4 is 5.32 Å². The zero-order valence-corrected chi connectivity index (χ0v) is 8.43. The van der Waals surface area contributed by atoms with Crippen molar-refractivity contribution < 1.29 is 4.39 Å². The standard InChI is InChI=1S/C11H20FN/c1-2-8-3-6-11(8)13-10-5-4-9(12)7-10/h8-11,13H,2-7H2,1H3. The summed E-state index contributed by atoms with van der Waals surface area (Å²) in [6, 6.07) is 1.19. The van der Waals surface area contributed by atoms with Gasteiger partial charge in [0.2, 0.25) is 0 Å². The van der Waals surface area contributed by atoms with E-state index in [1.54, 1.807) is 0 Å². The van der Waals surface area contributed by atoms with Crippen LogP contribution in [-0.2, 0) is 0 Å². The molecule has 4 atom stereocenters. The zero-order chi connectivity index (χ0) is 9.26. The molecule has 2 heteroatoms. The van der Waals surface area contributed by atoms with Crippen LogP contribution >= 0.6 is 0 Å². The fourth-order valence-electron chi connectivity index (χ4n) is 2.66. The fraction of sp³-hybridized carbons (Fsp3) is 1.00. The molecule has 0 aliphatic heterocycles. The predicted octanol–water partition coefficient (Wildman–Crippen LogP) is 2.66. The second-order valence-corrected chi connectivity index (χ2v) is 4.63. The van der Waals surface area contributed by atoms with Crippen molar-refractivity contribution in [3.05, 3.63) is 0 Å². The van der Waals surface area contributed by atoms with E-state index < -0.39 is 6.17 Å². The van der Waals surface area contributed by atoms with Gasteiger partial charge in [-0.05, 0) is 38.0 Å². The summed E-state index contributed by atoms with van der Waals surface area (Å²) < 4.78 is 12.9. The van der Waals surface area contributed by atoms with E-state index in [2.05, 4.69) is 12.2 Å². The van der Waals surface area contributed by atoms with Crippen LogP contribution in [0.4, 0.5) is 4.39 Å². The number of alkyl halides is 1. The van der Waals surface area contributed by atoms with Crippen molar-refractivity contribution in [2.24, 2.45) is 5.92 Å². The molecule has 1 N–H and O–H groups in total. The third-order valence-electron chi connectivity index (χ3n) is 3.76. The second kappa shape index (κ2) is 3.95. The van der Waals surface area contributed by atoms with E-state index >= 15 is 0 Å². The van der Waals surface area contributed by atoms with Gasteiger partial charge >= 0.3 is 0 Å². The number of rotatable bonds is 3. The summed E-state index contributed by atoms with van der Waals surface area (Å²) in [5.74, 6) is 0.874. The Morgan fingerprint density at radius 1 is 1.23 bits per heavy atom. The molecule has 2 aliphatic rings. The van der Waals surface area contributed by atoms with Crippen LogP contribution in [0.3, 0.4) is 0 Å². The molecule has 0 aromatic rings.